The van der Waals surface area contributed by atoms with E-state index in [4.69, 9.17) is 5.73 Å². The predicted octanol–water partition coefficient (Wildman–Crippen LogP) is 3.21. The third-order valence-corrected chi connectivity index (χ3v) is 4.22. The number of nitrogens with two attached hydrogens (primary N) is 1. The predicted molar refractivity (Wildman–Crippen MR) is 91.3 cm³/mol. The number of halogens is 1. The van der Waals surface area contributed by atoms with E-state index < -0.39 is 0 Å². The molecule has 22 heavy (non-hydrogen) atoms. The first-order valence-electron chi connectivity index (χ1n) is 6.70. The van der Waals surface area contributed by atoms with Crippen molar-refractivity contribution in [2.24, 2.45) is 0 Å². The Balaban J connectivity index is 2.26. The van der Waals surface area contributed by atoms with E-state index in [-0.39, 0.29) is 11.2 Å². The van der Waals surface area contributed by atoms with E-state index in [0.717, 1.165) is 15.7 Å². The average Bonchev–Trinajstić information content (AvgIpc) is 2.91. The summed E-state index contributed by atoms with van der Waals surface area (Å²) < 4.78 is 2.92. The van der Waals surface area contributed by atoms with Crippen molar-refractivity contribution in [2.45, 2.75) is 0 Å². The van der Waals surface area contributed by atoms with E-state index in [0.29, 0.717) is 16.4 Å². The number of H-pyrrole nitrogens is 1. The number of nitrogens with one attached hydrogen (secondary N) is 1. The fraction of sp³-hybridized carbons (Fsp3) is 0. The molecular formula is C16H11BrN4O. The summed E-state index contributed by atoms with van der Waals surface area (Å²) in [7, 11) is 0. The first-order chi connectivity index (χ1) is 10.7. The summed E-state index contributed by atoms with van der Waals surface area (Å²) in [6.45, 7) is 0. The fourth-order valence-corrected chi connectivity index (χ4v) is 2.96. The van der Waals surface area contributed by atoms with E-state index in [1.165, 1.54) is 0 Å². The van der Waals surface area contributed by atoms with Gasteiger partial charge in [-0.15, -0.1) is 0 Å². The maximum Gasteiger partial charge on any atom is 0.202 e. The van der Waals surface area contributed by atoms with Crippen molar-refractivity contribution in [3.63, 3.8) is 0 Å². The zero-order chi connectivity index (χ0) is 15.3. The number of nitrogen functional groups attached to an aromatic ring is 1. The number of anilines is 1. The molecule has 0 saturated heterocycles. The number of para-hydroxylation sites is 1. The van der Waals surface area contributed by atoms with Crippen molar-refractivity contribution in [1.82, 2.24) is 14.8 Å². The summed E-state index contributed by atoms with van der Waals surface area (Å²) in [6.07, 6.45) is 0. The van der Waals surface area contributed by atoms with Crippen LogP contribution in [0.2, 0.25) is 0 Å². The minimum absolute atomic E-state index is 0.106. The highest BCUT2D eigenvalue weighted by Crippen LogP contribution is 2.25. The molecule has 2 heterocycles. The molecule has 0 aliphatic carbocycles. The lowest BCUT2D eigenvalue weighted by atomic mass is 10.1. The number of hydrogen-bond donors (Lipinski definition) is 2. The Labute approximate surface area is 133 Å². The molecule has 0 spiro atoms. The second-order valence-electron chi connectivity index (χ2n) is 4.99. The lowest BCUT2D eigenvalue weighted by molar-refractivity contribution is 1.05. The number of rotatable bonds is 1. The van der Waals surface area contributed by atoms with Gasteiger partial charge in [-0.05, 0) is 36.4 Å². The molecule has 0 unspecified atom stereocenters. The van der Waals surface area contributed by atoms with Crippen LogP contribution < -0.4 is 11.2 Å². The number of nitrogens with zero attached hydrogens (tertiary/aromatic N) is 2. The van der Waals surface area contributed by atoms with Crippen molar-refractivity contribution in [3.05, 3.63) is 63.2 Å². The topological polar surface area (TPSA) is 76.7 Å². The van der Waals surface area contributed by atoms with Gasteiger partial charge in [-0.2, -0.15) is 5.10 Å². The molecule has 0 aliphatic heterocycles. The number of hydrogen-bond acceptors (Lipinski definition) is 3. The van der Waals surface area contributed by atoms with Crippen LogP contribution in [0.4, 0.5) is 5.82 Å². The molecule has 6 heteroatoms. The minimum atomic E-state index is -0.106. The molecule has 2 aromatic heterocycles. The molecule has 0 fully saturated rings. The standard InChI is InChI=1S/C16H11BrN4O/c17-9-5-7-10(8-6-9)21-12-4-2-1-3-11(12)14(22)13-15(18)19-20-16(13)21/h1-8H,(H3,18,19,20). The molecule has 0 aliphatic rings. The fourth-order valence-electron chi connectivity index (χ4n) is 2.69. The summed E-state index contributed by atoms with van der Waals surface area (Å²) in [6, 6.07) is 15.3. The molecule has 4 rings (SSSR count). The van der Waals surface area contributed by atoms with E-state index in [9.17, 15) is 4.79 Å². The first-order valence-corrected chi connectivity index (χ1v) is 7.49. The summed E-state index contributed by atoms with van der Waals surface area (Å²) in [5, 5.41) is 7.98. The van der Waals surface area contributed by atoms with Gasteiger partial charge in [0.25, 0.3) is 0 Å². The molecule has 5 nitrogen and oxygen atoms in total. The summed E-state index contributed by atoms with van der Waals surface area (Å²) in [5.74, 6) is 0.289. The Bertz CT molecular complexity index is 1060. The van der Waals surface area contributed by atoms with Crippen LogP contribution >= 0.6 is 15.9 Å². The third kappa shape index (κ3) is 1.77. The van der Waals surface area contributed by atoms with Crippen LogP contribution in [-0.2, 0) is 0 Å². The van der Waals surface area contributed by atoms with Crippen LogP contribution in [0.15, 0.2) is 57.8 Å². The highest BCUT2D eigenvalue weighted by atomic mass is 79.9. The van der Waals surface area contributed by atoms with Crippen LogP contribution in [0.5, 0.6) is 0 Å². The van der Waals surface area contributed by atoms with Gasteiger partial charge < -0.3 is 5.73 Å². The molecule has 108 valence electrons. The first kappa shape index (κ1) is 13.1. The third-order valence-electron chi connectivity index (χ3n) is 3.69. The van der Waals surface area contributed by atoms with E-state index in [1.807, 2.05) is 47.0 Å². The monoisotopic (exact) mass is 354 g/mol. The normalized spacial score (nSPS) is 11.3. The Morgan fingerprint density at radius 1 is 1.09 bits per heavy atom. The van der Waals surface area contributed by atoms with Crippen LogP contribution in [0.25, 0.3) is 27.6 Å². The number of benzene rings is 2. The van der Waals surface area contributed by atoms with Crippen LogP contribution in [0.3, 0.4) is 0 Å². The molecule has 0 radical (unpaired) electrons. The number of aromatic amines is 1. The molecule has 0 amide bonds. The number of aromatic nitrogens is 3. The molecule has 0 bridgehead atoms. The smallest absolute Gasteiger partial charge is 0.202 e. The van der Waals surface area contributed by atoms with E-state index in [1.54, 1.807) is 6.07 Å². The van der Waals surface area contributed by atoms with Crippen LogP contribution in [-0.4, -0.2) is 14.8 Å². The maximum absolute atomic E-state index is 12.6. The second kappa shape index (κ2) is 4.71. The van der Waals surface area contributed by atoms with Gasteiger partial charge in [0.05, 0.1) is 5.52 Å². The Morgan fingerprint density at radius 3 is 2.59 bits per heavy atom. The van der Waals surface area contributed by atoms with Crippen LogP contribution in [0.1, 0.15) is 0 Å². The molecule has 2 aromatic carbocycles. The zero-order valence-corrected chi connectivity index (χ0v) is 13.0. The Kier molecular flexibility index (Phi) is 2.80. The SMILES string of the molecule is Nc1[nH]nc2c1c(=O)c1ccccc1n2-c1ccc(Br)cc1. The van der Waals surface area contributed by atoms with Crippen molar-refractivity contribution in [2.75, 3.05) is 5.73 Å². The Hall–Kier alpha value is -2.60. The molecule has 0 saturated carbocycles. The van der Waals surface area contributed by atoms with Gasteiger partial charge in [0.15, 0.2) is 5.65 Å². The van der Waals surface area contributed by atoms with Crippen molar-refractivity contribution in [1.29, 1.82) is 0 Å². The summed E-state index contributed by atoms with van der Waals surface area (Å²) >= 11 is 3.43. The quantitative estimate of drug-likeness (QED) is 0.550. The van der Waals surface area contributed by atoms with Crippen molar-refractivity contribution < 1.29 is 0 Å². The van der Waals surface area contributed by atoms with Gasteiger partial charge in [-0.3, -0.25) is 14.5 Å². The maximum atomic E-state index is 12.6. The molecule has 3 N–H and O–H groups in total. The molecule has 0 atom stereocenters. The molecule has 4 aromatic rings. The minimum Gasteiger partial charge on any atom is -0.383 e. The van der Waals surface area contributed by atoms with Gasteiger partial charge in [-0.25, -0.2) is 0 Å². The number of fused-ring (bicyclic) bond motifs is 2. The summed E-state index contributed by atoms with van der Waals surface area (Å²) in [4.78, 5) is 12.6. The second-order valence-corrected chi connectivity index (χ2v) is 5.91. The van der Waals surface area contributed by atoms with Crippen LogP contribution in [0, 0.1) is 0 Å². The zero-order valence-electron chi connectivity index (χ0n) is 11.4. The largest absolute Gasteiger partial charge is 0.383 e. The van der Waals surface area contributed by atoms with E-state index in [2.05, 4.69) is 26.1 Å². The lowest BCUT2D eigenvalue weighted by Gasteiger charge is -2.12. The van der Waals surface area contributed by atoms with Gasteiger partial charge in [-0.1, -0.05) is 28.1 Å². The van der Waals surface area contributed by atoms with Gasteiger partial charge in [0.1, 0.15) is 11.2 Å². The number of pyridine rings is 1. The van der Waals surface area contributed by atoms with Gasteiger partial charge in [0.2, 0.25) is 5.43 Å². The van der Waals surface area contributed by atoms with Crippen molar-refractivity contribution in [3.8, 4) is 5.69 Å². The van der Waals surface area contributed by atoms with Gasteiger partial charge in [0, 0.05) is 15.5 Å². The lowest BCUT2D eigenvalue weighted by Crippen LogP contribution is -2.10. The highest BCUT2D eigenvalue weighted by Gasteiger charge is 2.16. The van der Waals surface area contributed by atoms with Crippen molar-refractivity contribution >= 4 is 43.7 Å². The average molecular weight is 355 g/mol. The Morgan fingerprint density at radius 2 is 1.82 bits per heavy atom. The van der Waals surface area contributed by atoms with E-state index >= 15 is 0 Å². The highest BCUT2D eigenvalue weighted by molar-refractivity contribution is 9.10. The van der Waals surface area contributed by atoms with Gasteiger partial charge >= 0.3 is 0 Å². The summed E-state index contributed by atoms with van der Waals surface area (Å²) in [5.41, 5.74) is 8.04. The molecular weight excluding hydrogens is 344 g/mol.